The molecule has 6 heteroatoms. The van der Waals surface area contributed by atoms with Gasteiger partial charge in [-0.15, -0.1) is 24.0 Å². The molecule has 0 aliphatic carbocycles. The highest BCUT2D eigenvalue weighted by molar-refractivity contribution is 14.0. The van der Waals surface area contributed by atoms with Crippen molar-refractivity contribution in [3.63, 3.8) is 0 Å². The molecule has 0 saturated carbocycles. The molecule has 0 aliphatic rings. The number of hydrogen-bond acceptors (Lipinski definition) is 3. The van der Waals surface area contributed by atoms with Crippen LogP contribution in [-0.4, -0.2) is 50.8 Å². The summed E-state index contributed by atoms with van der Waals surface area (Å²) in [7, 11) is 1.70. The van der Waals surface area contributed by atoms with Crippen molar-refractivity contribution in [3.05, 3.63) is 0 Å². The molecule has 0 aromatic heterocycles. The lowest BCUT2D eigenvalue weighted by atomic mass is 10.4. The number of hydrogen-bond donors (Lipinski definition) is 2. The molecular formula is C10H24IN3OS. The quantitative estimate of drug-likeness (QED) is 0.313. The highest BCUT2D eigenvalue weighted by atomic mass is 127. The van der Waals surface area contributed by atoms with Gasteiger partial charge in [-0.3, -0.25) is 4.99 Å². The van der Waals surface area contributed by atoms with E-state index in [9.17, 15) is 0 Å². The topological polar surface area (TPSA) is 45.7 Å². The minimum absolute atomic E-state index is 0. The molecule has 1 unspecified atom stereocenters. The van der Waals surface area contributed by atoms with E-state index in [2.05, 4.69) is 35.7 Å². The van der Waals surface area contributed by atoms with E-state index in [0.29, 0.717) is 6.61 Å². The van der Waals surface area contributed by atoms with Crippen LogP contribution >= 0.6 is 35.7 Å². The Morgan fingerprint density at radius 3 is 2.69 bits per heavy atom. The van der Waals surface area contributed by atoms with Gasteiger partial charge in [0.25, 0.3) is 0 Å². The average molecular weight is 361 g/mol. The minimum atomic E-state index is 0. The molecular weight excluding hydrogens is 337 g/mol. The fourth-order valence-electron chi connectivity index (χ4n) is 1.09. The summed E-state index contributed by atoms with van der Waals surface area (Å²) in [6.45, 7) is 6.55. The predicted molar refractivity (Wildman–Crippen MR) is 84.2 cm³/mol. The molecule has 0 saturated heterocycles. The van der Waals surface area contributed by atoms with Crippen LogP contribution in [0.3, 0.4) is 0 Å². The van der Waals surface area contributed by atoms with E-state index in [4.69, 9.17) is 4.74 Å². The molecule has 0 heterocycles. The van der Waals surface area contributed by atoms with Crippen molar-refractivity contribution in [2.45, 2.75) is 19.9 Å². The van der Waals surface area contributed by atoms with Crippen LogP contribution in [0.1, 0.15) is 13.8 Å². The maximum Gasteiger partial charge on any atom is 0.191 e. The Labute approximate surface area is 120 Å². The zero-order chi connectivity index (χ0) is 11.5. The van der Waals surface area contributed by atoms with Crippen LogP contribution < -0.4 is 10.6 Å². The van der Waals surface area contributed by atoms with E-state index in [1.54, 1.807) is 18.9 Å². The Kier molecular flexibility index (Phi) is 15.6. The fourth-order valence-corrected chi connectivity index (χ4v) is 1.37. The molecule has 0 spiro atoms. The van der Waals surface area contributed by atoms with Crippen LogP contribution in [0.5, 0.6) is 0 Å². The second-order valence-corrected chi connectivity index (χ2v) is 4.24. The normalized spacial score (nSPS) is 12.9. The van der Waals surface area contributed by atoms with Crippen molar-refractivity contribution < 1.29 is 4.74 Å². The van der Waals surface area contributed by atoms with Crippen LogP contribution in [0.25, 0.3) is 0 Å². The number of thioether (sulfide) groups is 1. The monoisotopic (exact) mass is 361 g/mol. The lowest BCUT2D eigenvalue weighted by Gasteiger charge is -2.16. The van der Waals surface area contributed by atoms with Crippen molar-refractivity contribution in [1.29, 1.82) is 0 Å². The number of aliphatic imine (C=N–C) groups is 1. The Hall–Kier alpha value is 0.310. The summed E-state index contributed by atoms with van der Waals surface area (Å²) < 4.78 is 5.06. The van der Waals surface area contributed by atoms with Gasteiger partial charge in [0.15, 0.2) is 5.96 Å². The maximum atomic E-state index is 5.06. The van der Waals surface area contributed by atoms with Crippen molar-refractivity contribution in [3.8, 4) is 0 Å². The van der Waals surface area contributed by atoms with E-state index >= 15 is 0 Å². The van der Waals surface area contributed by atoms with Crippen molar-refractivity contribution >= 4 is 41.7 Å². The standard InChI is InChI=1S/C10H23N3OS.HI/c1-5-11-10(12-6-7-15-4)13-9(2)8-14-3;/h9H,5-8H2,1-4H3,(H2,11,12,13);1H. The second kappa shape index (κ2) is 13.4. The van der Waals surface area contributed by atoms with Crippen LogP contribution in [0.15, 0.2) is 4.99 Å². The third-order valence-corrected chi connectivity index (χ3v) is 2.30. The van der Waals surface area contributed by atoms with Gasteiger partial charge in [0, 0.05) is 25.4 Å². The van der Waals surface area contributed by atoms with Crippen LogP contribution in [0, 0.1) is 0 Å². The Morgan fingerprint density at radius 1 is 1.50 bits per heavy atom. The predicted octanol–water partition coefficient (Wildman–Crippen LogP) is 1.56. The molecule has 1 atom stereocenters. The SMILES string of the molecule is CCNC(=NCCSC)NC(C)COC.I. The summed E-state index contributed by atoms with van der Waals surface area (Å²) in [4.78, 5) is 4.44. The first-order chi connectivity index (χ1) is 7.24. The molecule has 0 bridgehead atoms. The lowest BCUT2D eigenvalue weighted by Crippen LogP contribution is -2.44. The van der Waals surface area contributed by atoms with E-state index in [1.807, 2.05) is 0 Å². The third-order valence-electron chi connectivity index (χ3n) is 1.71. The molecule has 98 valence electrons. The first-order valence-electron chi connectivity index (χ1n) is 5.27. The highest BCUT2D eigenvalue weighted by Gasteiger charge is 2.03. The summed E-state index contributed by atoms with van der Waals surface area (Å²) in [5, 5.41) is 6.49. The van der Waals surface area contributed by atoms with E-state index < -0.39 is 0 Å². The number of ether oxygens (including phenoxy) is 1. The Bertz CT molecular complexity index is 181. The summed E-state index contributed by atoms with van der Waals surface area (Å²) >= 11 is 1.80. The van der Waals surface area contributed by atoms with Gasteiger partial charge in [0.2, 0.25) is 0 Å². The molecule has 0 amide bonds. The molecule has 0 aromatic rings. The second-order valence-electron chi connectivity index (χ2n) is 3.25. The van der Waals surface area contributed by atoms with E-state index in [0.717, 1.165) is 24.8 Å². The van der Waals surface area contributed by atoms with E-state index in [1.165, 1.54) is 0 Å². The van der Waals surface area contributed by atoms with Crippen molar-refractivity contribution in [2.24, 2.45) is 4.99 Å². The van der Waals surface area contributed by atoms with Gasteiger partial charge in [-0.05, 0) is 20.1 Å². The van der Waals surface area contributed by atoms with Crippen LogP contribution in [0.2, 0.25) is 0 Å². The molecule has 16 heavy (non-hydrogen) atoms. The maximum absolute atomic E-state index is 5.06. The van der Waals surface area contributed by atoms with Gasteiger partial charge in [0.1, 0.15) is 0 Å². The Balaban J connectivity index is 0. The van der Waals surface area contributed by atoms with Crippen LogP contribution in [-0.2, 0) is 4.74 Å². The molecule has 0 aromatic carbocycles. The molecule has 0 aliphatic heterocycles. The van der Waals surface area contributed by atoms with Gasteiger partial charge >= 0.3 is 0 Å². The Morgan fingerprint density at radius 2 is 2.19 bits per heavy atom. The van der Waals surface area contributed by atoms with Gasteiger partial charge < -0.3 is 15.4 Å². The van der Waals surface area contributed by atoms with Crippen molar-refractivity contribution in [1.82, 2.24) is 10.6 Å². The molecule has 4 nitrogen and oxygen atoms in total. The number of halogens is 1. The number of methoxy groups -OCH3 is 1. The molecule has 0 radical (unpaired) electrons. The summed E-state index contributed by atoms with van der Waals surface area (Å²) in [6.07, 6.45) is 2.09. The summed E-state index contributed by atoms with van der Waals surface area (Å²) in [5.74, 6) is 1.92. The third kappa shape index (κ3) is 10.8. The fraction of sp³-hybridized carbons (Fsp3) is 0.900. The zero-order valence-electron chi connectivity index (χ0n) is 10.6. The molecule has 0 fully saturated rings. The summed E-state index contributed by atoms with van der Waals surface area (Å²) in [6, 6.07) is 0.280. The number of guanidine groups is 1. The van der Waals surface area contributed by atoms with Crippen molar-refractivity contribution in [2.75, 3.05) is 38.8 Å². The molecule has 2 N–H and O–H groups in total. The minimum Gasteiger partial charge on any atom is -0.383 e. The van der Waals surface area contributed by atoms with Gasteiger partial charge in [-0.25, -0.2) is 0 Å². The molecule has 0 rings (SSSR count). The number of nitrogens with zero attached hydrogens (tertiary/aromatic N) is 1. The first-order valence-corrected chi connectivity index (χ1v) is 6.66. The lowest BCUT2D eigenvalue weighted by molar-refractivity contribution is 0.179. The largest absolute Gasteiger partial charge is 0.383 e. The van der Waals surface area contributed by atoms with Gasteiger partial charge in [0.05, 0.1) is 13.2 Å². The van der Waals surface area contributed by atoms with Crippen LogP contribution in [0.4, 0.5) is 0 Å². The number of nitrogens with one attached hydrogen (secondary N) is 2. The van der Waals surface area contributed by atoms with Gasteiger partial charge in [-0.1, -0.05) is 0 Å². The van der Waals surface area contributed by atoms with E-state index in [-0.39, 0.29) is 30.0 Å². The summed E-state index contributed by atoms with van der Waals surface area (Å²) in [5.41, 5.74) is 0. The average Bonchev–Trinajstić information content (AvgIpc) is 2.18. The smallest absolute Gasteiger partial charge is 0.191 e. The first kappa shape index (κ1) is 18.7. The van der Waals surface area contributed by atoms with Gasteiger partial charge in [-0.2, -0.15) is 11.8 Å². The highest BCUT2D eigenvalue weighted by Crippen LogP contribution is 1.90. The zero-order valence-corrected chi connectivity index (χ0v) is 13.7. The number of rotatable bonds is 7.